The molecule has 1 rings (SSSR count). The van der Waals surface area contributed by atoms with E-state index in [-0.39, 0.29) is 11.8 Å². The lowest BCUT2D eigenvalue weighted by Crippen LogP contribution is -2.24. The van der Waals surface area contributed by atoms with Gasteiger partial charge in [-0.2, -0.15) is 0 Å². The summed E-state index contributed by atoms with van der Waals surface area (Å²) in [5, 5.41) is 3.22. The van der Waals surface area contributed by atoms with Gasteiger partial charge in [0.15, 0.2) is 0 Å². The lowest BCUT2D eigenvalue weighted by atomic mass is 9.97. The fourth-order valence-electron chi connectivity index (χ4n) is 1.41. The molecule has 1 aromatic carbocycles. The van der Waals surface area contributed by atoms with Crippen LogP contribution in [0.15, 0.2) is 24.3 Å². The summed E-state index contributed by atoms with van der Waals surface area (Å²) in [6.07, 6.45) is 0.767. The Bertz CT molecular complexity index is 396. The maximum absolute atomic E-state index is 12.7. The van der Waals surface area contributed by atoms with Gasteiger partial charge in [-0.25, -0.2) is 4.39 Å². The Morgan fingerprint density at radius 2 is 1.89 bits per heavy atom. The van der Waals surface area contributed by atoms with E-state index in [1.54, 1.807) is 12.1 Å². The Labute approximate surface area is 114 Å². The molecular weight excluding hydrogens is 245 g/mol. The van der Waals surface area contributed by atoms with Crippen LogP contribution in [0.1, 0.15) is 32.8 Å². The number of esters is 1. The molecule has 0 saturated heterocycles. The molecule has 1 aromatic rings. The minimum atomic E-state index is -0.443. The quantitative estimate of drug-likeness (QED) is 0.636. The molecule has 0 amide bonds. The Morgan fingerprint density at radius 1 is 1.26 bits per heavy atom. The molecule has 106 valence electrons. The molecule has 0 fully saturated rings. The highest BCUT2D eigenvalue weighted by atomic mass is 19.1. The monoisotopic (exact) mass is 267 g/mol. The van der Waals surface area contributed by atoms with Crippen molar-refractivity contribution in [1.29, 1.82) is 0 Å². The van der Waals surface area contributed by atoms with Crippen molar-refractivity contribution in [2.24, 2.45) is 5.41 Å². The zero-order valence-corrected chi connectivity index (χ0v) is 11.8. The van der Waals surface area contributed by atoms with Gasteiger partial charge in [-0.15, -0.1) is 0 Å². The van der Waals surface area contributed by atoms with Crippen molar-refractivity contribution in [3.05, 3.63) is 35.6 Å². The molecule has 0 aliphatic carbocycles. The summed E-state index contributed by atoms with van der Waals surface area (Å²) in [6, 6.07) is 6.40. The number of hydrogen-bond acceptors (Lipinski definition) is 3. The van der Waals surface area contributed by atoms with Crippen molar-refractivity contribution in [1.82, 2.24) is 5.32 Å². The Hall–Kier alpha value is -1.42. The smallest absolute Gasteiger partial charge is 0.311 e. The van der Waals surface area contributed by atoms with E-state index < -0.39 is 5.41 Å². The SMILES string of the molecule is CC(C)(C)C(=O)OCCCNCc1ccc(F)cc1. The second-order valence-electron chi connectivity index (χ2n) is 5.54. The first-order chi connectivity index (χ1) is 8.89. The first-order valence-electron chi connectivity index (χ1n) is 6.52. The molecule has 4 heteroatoms. The molecule has 0 radical (unpaired) electrons. The average Bonchev–Trinajstić information content (AvgIpc) is 2.34. The molecule has 3 nitrogen and oxygen atoms in total. The van der Waals surface area contributed by atoms with E-state index in [1.807, 2.05) is 20.8 Å². The van der Waals surface area contributed by atoms with Crippen LogP contribution in [0.25, 0.3) is 0 Å². The molecule has 0 atom stereocenters. The summed E-state index contributed by atoms with van der Waals surface area (Å²) < 4.78 is 17.8. The fraction of sp³-hybridized carbons (Fsp3) is 0.533. The molecule has 1 N–H and O–H groups in total. The predicted octanol–water partition coefficient (Wildman–Crippen LogP) is 2.89. The minimum absolute atomic E-state index is 0.175. The summed E-state index contributed by atoms with van der Waals surface area (Å²) in [7, 11) is 0. The highest BCUT2D eigenvalue weighted by Crippen LogP contribution is 2.14. The van der Waals surface area contributed by atoms with Crippen LogP contribution < -0.4 is 5.32 Å². The van der Waals surface area contributed by atoms with Crippen LogP contribution in [0.2, 0.25) is 0 Å². The van der Waals surface area contributed by atoms with Crippen molar-refractivity contribution >= 4 is 5.97 Å². The molecule has 0 spiro atoms. The number of benzene rings is 1. The van der Waals surface area contributed by atoms with Gasteiger partial charge in [0.25, 0.3) is 0 Å². The third-order valence-electron chi connectivity index (χ3n) is 2.59. The van der Waals surface area contributed by atoms with Gasteiger partial charge in [-0.3, -0.25) is 4.79 Å². The van der Waals surface area contributed by atoms with Gasteiger partial charge in [-0.1, -0.05) is 12.1 Å². The van der Waals surface area contributed by atoms with Crippen LogP contribution in [-0.2, 0) is 16.1 Å². The summed E-state index contributed by atoms with van der Waals surface area (Å²) in [6.45, 7) is 7.38. The second kappa shape index (κ2) is 7.24. The van der Waals surface area contributed by atoms with E-state index in [4.69, 9.17) is 4.74 Å². The van der Waals surface area contributed by atoms with Gasteiger partial charge in [0.2, 0.25) is 0 Å². The molecule has 0 heterocycles. The van der Waals surface area contributed by atoms with Crippen molar-refractivity contribution < 1.29 is 13.9 Å². The summed E-state index contributed by atoms with van der Waals surface area (Å²) in [5.74, 6) is -0.399. The highest BCUT2D eigenvalue weighted by Gasteiger charge is 2.22. The van der Waals surface area contributed by atoms with Crippen molar-refractivity contribution in [2.75, 3.05) is 13.2 Å². The molecule has 19 heavy (non-hydrogen) atoms. The largest absolute Gasteiger partial charge is 0.465 e. The fourth-order valence-corrected chi connectivity index (χ4v) is 1.41. The number of carbonyl (C=O) groups is 1. The maximum atomic E-state index is 12.7. The van der Waals surface area contributed by atoms with Crippen LogP contribution in [-0.4, -0.2) is 19.1 Å². The molecule has 0 saturated carbocycles. The van der Waals surface area contributed by atoms with Gasteiger partial charge in [-0.05, 0) is 51.4 Å². The molecule has 0 aromatic heterocycles. The summed E-state index contributed by atoms with van der Waals surface area (Å²) in [4.78, 5) is 11.5. The van der Waals surface area contributed by atoms with Crippen LogP contribution in [0.3, 0.4) is 0 Å². The predicted molar refractivity (Wildman–Crippen MR) is 73.1 cm³/mol. The van der Waals surface area contributed by atoms with Crippen LogP contribution in [0, 0.1) is 11.2 Å². The highest BCUT2D eigenvalue weighted by molar-refractivity contribution is 5.75. The van der Waals surface area contributed by atoms with Crippen molar-refractivity contribution in [3.8, 4) is 0 Å². The number of ether oxygens (including phenoxy) is 1. The van der Waals surface area contributed by atoms with E-state index in [1.165, 1.54) is 12.1 Å². The van der Waals surface area contributed by atoms with Gasteiger partial charge in [0.1, 0.15) is 5.82 Å². The zero-order chi connectivity index (χ0) is 14.3. The van der Waals surface area contributed by atoms with Gasteiger partial charge in [0, 0.05) is 6.54 Å². The number of nitrogens with one attached hydrogen (secondary N) is 1. The Kier molecular flexibility index (Phi) is 5.96. The summed E-state index contributed by atoms with van der Waals surface area (Å²) in [5.41, 5.74) is 0.592. The van der Waals surface area contributed by atoms with Gasteiger partial charge < -0.3 is 10.1 Å². The Morgan fingerprint density at radius 3 is 2.47 bits per heavy atom. The van der Waals surface area contributed by atoms with E-state index in [2.05, 4.69) is 5.32 Å². The van der Waals surface area contributed by atoms with E-state index in [9.17, 15) is 9.18 Å². The molecule has 0 aliphatic heterocycles. The molecule has 0 unspecified atom stereocenters. The summed E-state index contributed by atoms with van der Waals surface area (Å²) >= 11 is 0. The number of halogens is 1. The standard InChI is InChI=1S/C15H22FNO2/c1-15(2,3)14(18)19-10-4-9-17-11-12-5-7-13(16)8-6-12/h5-8,17H,4,9-11H2,1-3H3. The Balaban J connectivity index is 2.09. The second-order valence-corrected chi connectivity index (χ2v) is 5.54. The third kappa shape index (κ3) is 6.34. The lowest BCUT2D eigenvalue weighted by molar-refractivity contribution is -0.152. The normalized spacial score (nSPS) is 11.4. The molecular formula is C15H22FNO2. The van der Waals surface area contributed by atoms with Gasteiger partial charge in [0.05, 0.1) is 12.0 Å². The number of carbonyl (C=O) groups excluding carboxylic acids is 1. The van der Waals surface area contributed by atoms with E-state index >= 15 is 0 Å². The molecule has 0 bridgehead atoms. The average molecular weight is 267 g/mol. The van der Waals surface area contributed by atoms with Crippen molar-refractivity contribution in [3.63, 3.8) is 0 Å². The van der Waals surface area contributed by atoms with E-state index in [0.717, 1.165) is 18.5 Å². The minimum Gasteiger partial charge on any atom is -0.465 e. The third-order valence-corrected chi connectivity index (χ3v) is 2.59. The zero-order valence-electron chi connectivity index (χ0n) is 11.8. The first-order valence-corrected chi connectivity index (χ1v) is 6.52. The van der Waals surface area contributed by atoms with Gasteiger partial charge >= 0.3 is 5.97 Å². The van der Waals surface area contributed by atoms with Crippen molar-refractivity contribution in [2.45, 2.75) is 33.7 Å². The van der Waals surface area contributed by atoms with Crippen LogP contribution >= 0.6 is 0 Å². The number of rotatable bonds is 6. The first kappa shape index (κ1) is 15.6. The van der Waals surface area contributed by atoms with E-state index in [0.29, 0.717) is 13.2 Å². The van der Waals surface area contributed by atoms with Crippen LogP contribution in [0.5, 0.6) is 0 Å². The molecule has 0 aliphatic rings. The van der Waals surface area contributed by atoms with Crippen LogP contribution in [0.4, 0.5) is 4.39 Å². The maximum Gasteiger partial charge on any atom is 0.311 e. The lowest BCUT2D eigenvalue weighted by Gasteiger charge is -2.16. The number of hydrogen-bond donors (Lipinski definition) is 1. The topological polar surface area (TPSA) is 38.3 Å².